The third-order valence-electron chi connectivity index (χ3n) is 3.57. The number of nitrogens with one attached hydrogen (secondary N) is 2. The van der Waals surface area contributed by atoms with Crippen LogP contribution in [0.1, 0.15) is 24.2 Å². The first-order valence-corrected chi connectivity index (χ1v) is 7.90. The molecule has 0 bridgehead atoms. The second kappa shape index (κ2) is 9.03. The largest absolute Gasteiger partial charge is 0.495 e. The standard InChI is InChI=1S/C17H26N4O4/c1-10(2)15(18)16(23)19-9-14(22)20-12-7-6-11(8-13(12)25-5)17(24)21(3)4/h6-8,10,15H,9,18H2,1-5H3,(H,19,23)(H,20,22)/t15-/m0/s1. The lowest BCUT2D eigenvalue weighted by molar-refractivity contribution is -0.125. The summed E-state index contributed by atoms with van der Waals surface area (Å²) in [5.41, 5.74) is 6.56. The van der Waals surface area contributed by atoms with Crippen LogP contribution in [0.25, 0.3) is 0 Å². The molecule has 8 heteroatoms. The molecule has 1 rings (SSSR count). The lowest BCUT2D eigenvalue weighted by Gasteiger charge is -2.16. The maximum Gasteiger partial charge on any atom is 0.253 e. The number of hydrogen-bond donors (Lipinski definition) is 3. The minimum absolute atomic E-state index is 0.0232. The maximum absolute atomic E-state index is 12.0. The van der Waals surface area contributed by atoms with Gasteiger partial charge in [0.1, 0.15) is 5.75 Å². The molecule has 0 aliphatic heterocycles. The van der Waals surface area contributed by atoms with Crippen molar-refractivity contribution in [1.29, 1.82) is 0 Å². The van der Waals surface area contributed by atoms with Crippen LogP contribution in [0.3, 0.4) is 0 Å². The third-order valence-corrected chi connectivity index (χ3v) is 3.57. The smallest absolute Gasteiger partial charge is 0.253 e. The Morgan fingerprint density at radius 2 is 1.88 bits per heavy atom. The zero-order chi connectivity index (χ0) is 19.1. The van der Waals surface area contributed by atoms with Gasteiger partial charge in [0.15, 0.2) is 0 Å². The highest BCUT2D eigenvalue weighted by Crippen LogP contribution is 2.26. The van der Waals surface area contributed by atoms with Gasteiger partial charge in [-0.3, -0.25) is 14.4 Å². The van der Waals surface area contributed by atoms with Gasteiger partial charge >= 0.3 is 0 Å². The van der Waals surface area contributed by atoms with Crippen molar-refractivity contribution in [3.8, 4) is 5.75 Å². The van der Waals surface area contributed by atoms with Crippen LogP contribution in [0, 0.1) is 5.92 Å². The average Bonchev–Trinajstić information content (AvgIpc) is 2.58. The van der Waals surface area contributed by atoms with Crippen LogP contribution >= 0.6 is 0 Å². The van der Waals surface area contributed by atoms with E-state index in [1.54, 1.807) is 32.3 Å². The van der Waals surface area contributed by atoms with E-state index in [0.29, 0.717) is 17.0 Å². The summed E-state index contributed by atoms with van der Waals surface area (Å²) in [7, 11) is 4.74. The molecule has 0 fully saturated rings. The van der Waals surface area contributed by atoms with Crippen LogP contribution in [-0.4, -0.2) is 56.4 Å². The molecule has 0 radical (unpaired) electrons. The number of methoxy groups -OCH3 is 1. The van der Waals surface area contributed by atoms with Gasteiger partial charge < -0.3 is 26.0 Å². The predicted molar refractivity (Wildman–Crippen MR) is 95.5 cm³/mol. The van der Waals surface area contributed by atoms with Gasteiger partial charge in [0.25, 0.3) is 5.91 Å². The van der Waals surface area contributed by atoms with Gasteiger partial charge in [0.2, 0.25) is 11.8 Å². The summed E-state index contributed by atoms with van der Waals surface area (Å²) in [6, 6.07) is 4.05. The van der Waals surface area contributed by atoms with E-state index >= 15 is 0 Å². The summed E-state index contributed by atoms with van der Waals surface area (Å²) >= 11 is 0. The highest BCUT2D eigenvalue weighted by Gasteiger charge is 2.18. The molecule has 1 aromatic rings. The van der Waals surface area contributed by atoms with Crippen molar-refractivity contribution >= 4 is 23.4 Å². The zero-order valence-electron chi connectivity index (χ0n) is 15.3. The van der Waals surface area contributed by atoms with Gasteiger partial charge in [-0.15, -0.1) is 0 Å². The third kappa shape index (κ3) is 5.75. The molecule has 138 valence electrons. The van der Waals surface area contributed by atoms with E-state index in [2.05, 4.69) is 10.6 Å². The number of hydrogen-bond acceptors (Lipinski definition) is 5. The molecule has 1 atom stereocenters. The van der Waals surface area contributed by atoms with Crippen molar-refractivity contribution in [2.45, 2.75) is 19.9 Å². The average molecular weight is 350 g/mol. The molecule has 1 aromatic carbocycles. The normalized spacial score (nSPS) is 11.6. The first-order valence-electron chi connectivity index (χ1n) is 7.90. The van der Waals surface area contributed by atoms with E-state index in [4.69, 9.17) is 10.5 Å². The molecular weight excluding hydrogens is 324 g/mol. The number of nitrogens with zero attached hydrogens (tertiary/aromatic N) is 1. The molecule has 0 unspecified atom stereocenters. The molecule has 0 spiro atoms. The molecule has 25 heavy (non-hydrogen) atoms. The fraction of sp³-hybridized carbons (Fsp3) is 0.471. The lowest BCUT2D eigenvalue weighted by Crippen LogP contribution is -2.46. The molecule has 0 heterocycles. The Hall–Kier alpha value is -2.61. The number of carbonyl (C=O) groups excluding carboxylic acids is 3. The minimum atomic E-state index is -0.668. The van der Waals surface area contributed by atoms with Gasteiger partial charge in [-0.2, -0.15) is 0 Å². The van der Waals surface area contributed by atoms with E-state index in [1.807, 2.05) is 13.8 Å². The molecule has 0 aromatic heterocycles. The quantitative estimate of drug-likeness (QED) is 0.660. The van der Waals surface area contributed by atoms with Gasteiger partial charge in [0, 0.05) is 19.7 Å². The highest BCUT2D eigenvalue weighted by atomic mass is 16.5. The van der Waals surface area contributed by atoms with Gasteiger partial charge in [-0.05, 0) is 24.1 Å². The van der Waals surface area contributed by atoms with Gasteiger partial charge in [-0.1, -0.05) is 13.8 Å². The van der Waals surface area contributed by atoms with Crippen LogP contribution in [0.5, 0.6) is 5.75 Å². The Morgan fingerprint density at radius 1 is 1.24 bits per heavy atom. The van der Waals surface area contributed by atoms with Crippen LogP contribution < -0.4 is 21.1 Å². The minimum Gasteiger partial charge on any atom is -0.495 e. The van der Waals surface area contributed by atoms with E-state index < -0.39 is 11.9 Å². The first kappa shape index (κ1) is 20.4. The molecule has 3 amide bonds. The monoisotopic (exact) mass is 350 g/mol. The van der Waals surface area contributed by atoms with E-state index in [0.717, 1.165) is 0 Å². The summed E-state index contributed by atoms with van der Waals surface area (Å²) in [6.45, 7) is 3.44. The summed E-state index contributed by atoms with van der Waals surface area (Å²) in [4.78, 5) is 37.2. The fourth-order valence-electron chi connectivity index (χ4n) is 1.97. The molecule has 4 N–H and O–H groups in total. The number of ether oxygens (including phenoxy) is 1. The van der Waals surface area contributed by atoms with Crippen molar-refractivity contribution in [3.05, 3.63) is 23.8 Å². The fourth-order valence-corrected chi connectivity index (χ4v) is 1.97. The van der Waals surface area contributed by atoms with Gasteiger partial charge in [-0.25, -0.2) is 0 Å². The van der Waals surface area contributed by atoms with E-state index in [9.17, 15) is 14.4 Å². The maximum atomic E-state index is 12.0. The van der Waals surface area contributed by atoms with Crippen molar-refractivity contribution in [2.24, 2.45) is 11.7 Å². The summed E-state index contributed by atoms with van der Waals surface area (Å²) in [5.74, 6) is -0.652. The van der Waals surface area contributed by atoms with Crippen LogP contribution in [0.2, 0.25) is 0 Å². The topological polar surface area (TPSA) is 114 Å². The summed E-state index contributed by atoms with van der Waals surface area (Å²) < 4.78 is 5.22. The molecule has 0 saturated carbocycles. The van der Waals surface area contributed by atoms with Gasteiger partial charge in [0.05, 0.1) is 25.4 Å². The number of carbonyl (C=O) groups is 3. The zero-order valence-corrected chi connectivity index (χ0v) is 15.3. The molecule has 0 aliphatic rings. The Kier molecular flexibility index (Phi) is 7.38. The van der Waals surface area contributed by atoms with Crippen molar-refractivity contribution in [1.82, 2.24) is 10.2 Å². The number of amides is 3. The number of rotatable bonds is 7. The predicted octanol–water partition coefficient (Wildman–Crippen LogP) is 0.435. The van der Waals surface area contributed by atoms with Crippen molar-refractivity contribution in [2.75, 3.05) is 33.1 Å². The number of benzene rings is 1. The van der Waals surface area contributed by atoms with Crippen LogP contribution in [-0.2, 0) is 9.59 Å². The molecular formula is C17H26N4O4. The summed E-state index contributed by atoms with van der Waals surface area (Å²) in [5, 5.41) is 5.12. The molecule has 8 nitrogen and oxygen atoms in total. The van der Waals surface area contributed by atoms with Crippen molar-refractivity contribution < 1.29 is 19.1 Å². The summed E-state index contributed by atoms with van der Waals surface area (Å²) in [6.07, 6.45) is 0. The Morgan fingerprint density at radius 3 is 2.40 bits per heavy atom. The Labute approximate surface area is 147 Å². The second-order valence-electron chi connectivity index (χ2n) is 6.15. The van der Waals surface area contributed by atoms with E-state index in [-0.39, 0.29) is 24.3 Å². The highest BCUT2D eigenvalue weighted by molar-refractivity contribution is 5.98. The Balaban J connectivity index is 2.74. The van der Waals surface area contributed by atoms with E-state index in [1.165, 1.54) is 12.0 Å². The van der Waals surface area contributed by atoms with Crippen molar-refractivity contribution in [3.63, 3.8) is 0 Å². The second-order valence-corrected chi connectivity index (χ2v) is 6.15. The molecule has 0 saturated heterocycles. The Bertz CT molecular complexity index is 644. The lowest BCUT2D eigenvalue weighted by atomic mass is 10.1. The SMILES string of the molecule is COc1cc(C(=O)N(C)C)ccc1NC(=O)CNC(=O)[C@@H](N)C(C)C. The molecule has 0 aliphatic carbocycles. The first-order chi connectivity index (χ1) is 11.7. The number of nitrogens with two attached hydrogens (primary N) is 1. The van der Waals surface area contributed by atoms with Crippen LogP contribution in [0.15, 0.2) is 18.2 Å². The number of anilines is 1. The van der Waals surface area contributed by atoms with Crippen LogP contribution in [0.4, 0.5) is 5.69 Å².